The minimum Gasteiger partial charge on any atom is -0.343 e. The number of thiazole rings is 1. The summed E-state index contributed by atoms with van der Waals surface area (Å²) in [5.41, 5.74) is 5.74. The first-order valence-corrected chi connectivity index (χ1v) is 9.97. The number of nitrogens with zero attached hydrogens (tertiary/aromatic N) is 1. The number of anilines is 1. The summed E-state index contributed by atoms with van der Waals surface area (Å²) in [4.78, 5) is 28.8. The molecule has 0 aliphatic carbocycles. The van der Waals surface area contributed by atoms with Gasteiger partial charge >= 0.3 is 0 Å². The van der Waals surface area contributed by atoms with E-state index < -0.39 is 5.91 Å². The van der Waals surface area contributed by atoms with Crippen LogP contribution >= 0.6 is 22.9 Å². The number of aromatic nitrogens is 1. The van der Waals surface area contributed by atoms with E-state index in [1.165, 1.54) is 16.9 Å². The van der Waals surface area contributed by atoms with Gasteiger partial charge in [0.25, 0.3) is 5.91 Å². The Kier molecular flexibility index (Phi) is 6.11. The highest BCUT2D eigenvalue weighted by molar-refractivity contribution is 7.14. The van der Waals surface area contributed by atoms with Crippen molar-refractivity contribution in [3.05, 3.63) is 69.1 Å². The number of halogens is 1. The fraction of sp³-hybridized carbons (Fsp3) is 0.190. The molecule has 0 bridgehead atoms. The van der Waals surface area contributed by atoms with Gasteiger partial charge in [0.2, 0.25) is 5.91 Å². The fourth-order valence-corrected chi connectivity index (χ4v) is 4.03. The number of amides is 2. The third-order valence-corrected chi connectivity index (χ3v) is 5.30. The summed E-state index contributed by atoms with van der Waals surface area (Å²) in [5.74, 6) is -0.745. The molecule has 0 fully saturated rings. The minimum absolute atomic E-state index is 0.165. The molecule has 2 N–H and O–H groups in total. The van der Waals surface area contributed by atoms with Crippen molar-refractivity contribution in [3.63, 3.8) is 0 Å². The molecular weight excluding hydrogens is 394 g/mol. The lowest BCUT2D eigenvalue weighted by Crippen LogP contribution is -2.32. The molecular formula is C21H20ClN3O2S. The highest BCUT2D eigenvalue weighted by atomic mass is 35.5. The topological polar surface area (TPSA) is 71.1 Å². The number of aryl methyl sites for hydroxylation is 3. The van der Waals surface area contributed by atoms with Crippen molar-refractivity contribution in [1.29, 1.82) is 0 Å². The number of hydrogen-bond acceptors (Lipinski definition) is 4. The number of carbonyl (C=O) groups excluding carboxylic acids is 2. The minimum atomic E-state index is -0.397. The summed E-state index contributed by atoms with van der Waals surface area (Å²) >= 11 is 7.34. The van der Waals surface area contributed by atoms with Gasteiger partial charge in [0.1, 0.15) is 0 Å². The summed E-state index contributed by atoms with van der Waals surface area (Å²) in [6.07, 6.45) is 0. The largest absolute Gasteiger partial charge is 0.343 e. The van der Waals surface area contributed by atoms with Gasteiger partial charge in [-0.2, -0.15) is 0 Å². The van der Waals surface area contributed by atoms with Gasteiger partial charge in [-0.25, -0.2) is 4.98 Å². The first-order valence-electron chi connectivity index (χ1n) is 8.71. The van der Waals surface area contributed by atoms with Crippen LogP contribution in [0.2, 0.25) is 5.02 Å². The van der Waals surface area contributed by atoms with E-state index in [1.807, 2.05) is 5.38 Å². The molecule has 5 nitrogen and oxygen atoms in total. The molecule has 144 valence electrons. The van der Waals surface area contributed by atoms with E-state index >= 15 is 0 Å². The van der Waals surface area contributed by atoms with E-state index in [2.05, 4.69) is 48.5 Å². The Labute approximate surface area is 172 Å². The van der Waals surface area contributed by atoms with Crippen LogP contribution in [0.3, 0.4) is 0 Å². The van der Waals surface area contributed by atoms with Crippen molar-refractivity contribution in [1.82, 2.24) is 10.3 Å². The second kappa shape index (κ2) is 8.54. The second-order valence-electron chi connectivity index (χ2n) is 6.52. The van der Waals surface area contributed by atoms with E-state index in [0.717, 1.165) is 22.4 Å². The average Bonchev–Trinajstić information content (AvgIpc) is 3.07. The molecule has 2 amide bonds. The molecule has 0 unspecified atom stereocenters. The molecule has 7 heteroatoms. The molecule has 1 aromatic heterocycles. The third kappa shape index (κ3) is 4.58. The molecule has 0 saturated carbocycles. The summed E-state index contributed by atoms with van der Waals surface area (Å²) < 4.78 is 0. The van der Waals surface area contributed by atoms with Crippen LogP contribution in [0.4, 0.5) is 5.13 Å². The zero-order valence-electron chi connectivity index (χ0n) is 15.8. The van der Waals surface area contributed by atoms with Gasteiger partial charge in [0, 0.05) is 10.9 Å². The molecule has 0 spiro atoms. The van der Waals surface area contributed by atoms with Crippen LogP contribution < -0.4 is 10.6 Å². The molecule has 0 atom stereocenters. The lowest BCUT2D eigenvalue weighted by Gasteiger charge is -2.09. The van der Waals surface area contributed by atoms with Crippen LogP contribution in [0.5, 0.6) is 0 Å². The Morgan fingerprint density at radius 1 is 1.11 bits per heavy atom. The zero-order chi connectivity index (χ0) is 20.3. The van der Waals surface area contributed by atoms with Gasteiger partial charge in [-0.3, -0.25) is 9.59 Å². The summed E-state index contributed by atoms with van der Waals surface area (Å²) in [7, 11) is 0. The number of rotatable bonds is 5. The van der Waals surface area contributed by atoms with E-state index in [0.29, 0.717) is 15.7 Å². The third-order valence-electron chi connectivity index (χ3n) is 4.21. The van der Waals surface area contributed by atoms with Gasteiger partial charge in [-0.1, -0.05) is 41.4 Å². The van der Waals surface area contributed by atoms with Crippen LogP contribution in [0, 0.1) is 20.8 Å². The molecule has 0 saturated heterocycles. The number of nitrogens with one attached hydrogen (secondary N) is 2. The van der Waals surface area contributed by atoms with Crippen LogP contribution in [0.25, 0.3) is 11.3 Å². The molecule has 3 rings (SSSR count). The Morgan fingerprint density at radius 2 is 1.79 bits per heavy atom. The molecule has 28 heavy (non-hydrogen) atoms. The first kappa shape index (κ1) is 20.0. The maximum atomic E-state index is 12.2. The van der Waals surface area contributed by atoms with Gasteiger partial charge < -0.3 is 10.6 Å². The standard InChI is InChI=1S/C21H20ClN3O2S/c1-12-8-13(2)19(14(3)9-12)17-11-28-21(24-17)25-18(26)10-23-20(27)15-6-4-5-7-16(15)22/h4-9,11H,10H2,1-3H3,(H,23,27)(H,24,25,26). The number of carbonyl (C=O) groups is 2. The molecule has 0 radical (unpaired) electrons. The number of hydrogen-bond donors (Lipinski definition) is 2. The van der Waals surface area contributed by atoms with Crippen molar-refractivity contribution in [3.8, 4) is 11.3 Å². The Morgan fingerprint density at radius 3 is 2.46 bits per heavy atom. The van der Waals surface area contributed by atoms with Crippen molar-refractivity contribution in [2.75, 3.05) is 11.9 Å². The monoisotopic (exact) mass is 413 g/mol. The quantitative estimate of drug-likeness (QED) is 0.633. The van der Waals surface area contributed by atoms with Crippen molar-refractivity contribution in [2.45, 2.75) is 20.8 Å². The van der Waals surface area contributed by atoms with E-state index in [1.54, 1.807) is 24.3 Å². The molecule has 1 heterocycles. The van der Waals surface area contributed by atoms with Gasteiger partial charge in [0.15, 0.2) is 5.13 Å². The highest BCUT2D eigenvalue weighted by Gasteiger charge is 2.14. The van der Waals surface area contributed by atoms with Gasteiger partial charge in [-0.05, 0) is 44.0 Å². The SMILES string of the molecule is Cc1cc(C)c(-c2csc(NC(=O)CNC(=O)c3ccccc3Cl)n2)c(C)c1. The first-order chi connectivity index (χ1) is 13.3. The summed E-state index contributed by atoms with van der Waals surface area (Å²) in [6.45, 7) is 6.00. The molecule has 2 aromatic carbocycles. The van der Waals surface area contributed by atoms with Crippen LogP contribution in [-0.4, -0.2) is 23.3 Å². The van der Waals surface area contributed by atoms with Crippen LogP contribution in [-0.2, 0) is 4.79 Å². The van der Waals surface area contributed by atoms with Crippen molar-refractivity contribution >= 4 is 39.9 Å². The Bertz CT molecular complexity index is 1020. The predicted molar refractivity (Wildman–Crippen MR) is 114 cm³/mol. The van der Waals surface area contributed by atoms with Crippen molar-refractivity contribution < 1.29 is 9.59 Å². The Balaban J connectivity index is 1.63. The maximum Gasteiger partial charge on any atom is 0.253 e. The highest BCUT2D eigenvalue weighted by Crippen LogP contribution is 2.31. The van der Waals surface area contributed by atoms with Gasteiger partial charge in [-0.15, -0.1) is 11.3 Å². The smallest absolute Gasteiger partial charge is 0.253 e. The van der Waals surface area contributed by atoms with Crippen LogP contribution in [0.15, 0.2) is 41.8 Å². The number of benzene rings is 2. The molecule has 0 aliphatic heterocycles. The summed E-state index contributed by atoms with van der Waals surface area (Å²) in [6, 6.07) is 10.9. The Hall–Kier alpha value is -2.70. The summed E-state index contributed by atoms with van der Waals surface area (Å²) in [5, 5.41) is 8.04. The maximum absolute atomic E-state index is 12.2. The average molecular weight is 414 g/mol. The van der Waals surface area contributed by atoms with E-state index in [4.69, 9.17) is 11.6 Å². The molecule has 0 aliphatic rings. The molecule has 3 aromatic rings. The fourth-order valence-electron chi connectivity index (χ4n) is 3.09. The van der Waals surface area contributed by atoms with E-state index in [-0.39, 0.29) is 12.5 Å². The van der Waals surface area contributed by atoms with E-state index in [9.17, 15) is 9.59 Å². The second-order valence-corrected chi connectivity index (χ2v) is 7.79. The normalized spacial score (nSPS) is 10.6. The van der Waals surface area contributed by atoms with Gasteiger partial charge in [0.05, 0.1) is 22.8 Å². The van der Waals surface area contributed by atoms with Crippen molar-refractivity contribution in [2.24, 2.45) is 0 Å². The predicted octanol–water partition coefficient (Wildman–Crippen LogP) is 4.76. The lowest BCUT2D eigenvalue weighted by molar-refractivity contribution is -0.115. The van der Waals surface area contributed by atoms with Crippen LogP contribution in [0.1, 0.15) is 27.0 Å². The zero-order valence-corrected chi connectivity index (χ0v) is 17.4. The lowest BCUT2D eigenvalue weighted by atomic mass is 9.98.